The molecule has 6 atom stereocenters. The smallest absolute Gasteiger partial charge is 0.240 e. The summed E-state index contributed by atoms with van der Waals surface area (Å²) in [5, 5.41) is 12.2. The van der Waals surface area contributed by atoms with E-state index in [0.29, 0.717) is 6.54 Å². The molecule has 7 N–H and O–H groups in total. The number of fused-ring (bicyclic) bond motifs is 5. The summed E-state index contributed by atoms with van der Waals surface area (Å²) < 4.78 is 9.20. The lowest BCUT2D eigenvalue weighted by Crippen LogP contribution is -2.50. The van der Waals surface area contributed by atoms with Crippen molar-refractivity contribution in [2.24, 2.45) is 23.3 Å². The number of benzene rings is 2. The zero-order chi connectivity index (χ0) is 38.5. The van der Waals surface area contributed by atoms with Crippen LogP contribution in [0.25, 0.3) is 44.7 Å². The number of carbonyl (C=O) groups is 1. The summed E-state index contributed by atoms with van der Waals surface area (Å²) in [6.07, 6.45) is 9.65. The van der Waals surface area contributed by atoms with Crippen molar-refractivity contribution < 1.29 is 14.6 Å². The summed E-state index contributed by atoms with van der Waals surface area (Å²) >= 11 is 0. The number of nitrogens with one attached hydrogen (secondary N) is 2. The Balaban J connectivity index is 1.07. The fourth-order valence-electron chi connectivity index (χ4n) is 8.75. The number of nitrogens with two attached hydrogens (primary N) is 2. The second-order valence-electron chi connectivity index (χ2n) is 16.6. The predicted octanol–water partition coefficient (Wildman–Crippen LogP) is 7.26. The van der Waals surface area contributed by atoms with Crippen LogP contribution in [0.2, 0.25) is 0 Å². The van der Waals surface area contributed by atoms with Crippen LogP contribution in [0.4, 0.5) is 0 Å². The molecule has 0 radical (unpaired) electrons. The van der Waals surface area contributed by atoms with Crippen LogP contribution >= 0.6 is 0 Å². The highest BCUT2D eigenvalue weighted by Crippen LogP contribution is 2.46. The average molecular weight is 748 g/mol. The fourth-order valence-corrected chi connectivity index (χ4v) is 8.75. The largest absolute Gasteiger partial charge is 0.469 e. The molecule has 0 aliphatic carbocycles. The van der Waals surface area contributed by atoms with E-state index in [9.17, 15) is 9.90 Å². The third-order valence-electron chi connectivity index (χ3n) is 12.2. The molecule has 292 valence electrons. The Morgan fingerprint density at radius 1 is 0.909 bits per heavy atom. The summed E-state index contributed by atoms with van der Waals surface area (Å²) in [5.41, 5.74) is 19.8. The van der Waals surface area contributed by atoms with Gasteiger partial charge in [-0.05, 0) is 74.3 Å². The number of nitrogens with zero attached hydrogens (tertiary/aromatic N) is 5. The van der Waals surface area contributed by atoms with Gasteiger partial charge in [-0.2, -0.15) is 0 Å². The van der Waals surface area contributed by atoms with Gasteiger partial charge in [-0.1, -0.05) is 53.2 Å². The van der Waals surface area contributed by atoms with Crippen LogP contribution in [0, 0.1) is 11.8 Å². The molecule has 2 unspecified atom stereocenters. The molecule has 5 aromatic rings. The number of aliphatic hydroxyl groups excluding tert-OH is 1. The summed E-state index contributed by atoms with van der Waals surface area (Å²) in [4.78, 5) is 33.9. The van der Waals surface area contributed by atoms with Crippen molar-refractivity contribution in [3.63, 3.8) is 0 Å². The number of unbranched alkanes of at least 4 members (excludes halogenated alkanes) is 1. The number of ether oxygens (including phenoxy) is 1. The normalized spacial score (nSPS) is 21.6. The number of carbonyl (C=O) groups excluding carboxylic acids is 1. The van der Waals surface area contributed by atoms with Gasteiger partial charge in [-0.3, -0.25) is 9.69 Å². The number of amides is 1. The van der Waals surface area contributed by atoms with Crippen LogP contribution in [0.5, 0.6) is 5.75 Å². The van der Waals surface area contributed by atoms with E-state index in [1.54, 1.807) is 0 Å². The summed E-state index contributed by atoms with van der Waals surface area (Å²) in [6.45, 7) is 11.8. The highest BCUT2D eigenvalue weighted by molar-refractivity contribution is 5.92. The van der Waals surface area contributed by atoms with Gasteiger partial charge in [0.2, 0.25) is 5.91 Å². The van der Waals surface area contributed by atoms with E-state index < -0.39 is 12.3 Å². The fraction of sp³-hybridized carbons (Fsp3) is 0.512. The predicted molar refractivity (Wildman–Crippen MR) is 216 cm³/mol. The third kappa shape index (κ3) is 6.87. The van der Waals surface area contributed by atoms with Crippen molar-refractivity contribution in [2.75, 3.05) is 13.1 Å². The Bertz CT molecular complexity index is 2150. The molecule has 8 rings (SSSR count). The standard InChI is InChI=1S/C43H57N9O3/c1-6-7-12-37-52-32-16-14-26(30-22-46-40(48-30)33-10-8-17-50(33)42(53)38(44)24(2)3)19-28(32)20-35(52)29-15-13-27(21-36(29)55-37)31-23-47-41(49-31)34-11-9-18-51(34)43(54)39(45)25(4)5/h13-16,19-25,33-34,37-39,43,54H,6-12,17-18,44-45H2,1-5H3,(H,46,48)(H,47,49)/t33-,34-,37?,38-,39-,43?/m0/s1. The van der Waals surface area contributed by atoms with Gasteiger partial charge in [0.1, 0.15) is 23.6 Å². The summed E-state index contributed by atoms with van der Waals surface area (Å²) in [6, 6.07) is 14.3. The lowest BCUT2D eigenvalue weighted by atomic mass is 10.0. The maximum absolute atomic E-state index is 13.2. The van der Waals surface area contributed by atoms with Crippen molar-refractivity contribution in [3.8, 4) is 39.5 Å². The molecular weight excluding hydrogens is 691 g/mol. The number of H-pyrrole nitrogens is 2. The van der Waals surface area contributed by atoms with Gasteiger partial charge in [0.25, 0.3) is 0 Å². The molecule has 12 heteroatoms. The van der Waals surface area contributed by atoms with E-state index in [1.165, 1.54) is 0 Å². The Morgan fingerprint density at radius 2 is 1.58 bits per heavy atom. The van der Waals surface area contributed by atoms with Gasteiger partial charge < -0.3 is 40.7 Å². The van der Waals surface area contributed by atoms with Crippen LogP contribution in [0.15, 0.2) is 54.9 Å². The van der Waals surface area contributed by atoms with E-state index in [0.717, 1.165) is 114 Å². The van der Waals surface area contributed by atoms with E-state index in [4.69, 9.17) is 26.2 Å². The van der Waals surface area contributed by atoms with Crippen LogP contribution in [-0.4, -0.2) is 76.7 Å². The van der Waals surface area contributed by atoms with Gasteiger partial charge in [-0.15, -0.1) is 0 Å². The van der Waals surface area contributed by atoms with Crippen LogP contribution in [0.3, 0.4) is 0 Å². The van der Waals surface area contributed by atoms with Crippen molar-refractivity contribution in [1.82, 2.24) is 34.3 Å². The Morgan fingerprint density at radius 3 is 2.29 bits per heavy atom. The lowest BCUT2D eigenvalue weighted by Gasteiger charge is -2.33. The molecule has 0 saturated carbocycles. The molecule has 2 saturated heterocycles. The number of aromatic amines is 2. The Kier molecular flexibility index (Phi) is 10.4. The first-order chi connectivity index (χ1) is 26.5. The number of aliphatic hydroxyl groups is 1. The van der Waals surface area contributed by atoms with Gasteiger partial charge in [0.05, 0.1) is 53.1 Å². The quantitative estimate of drug-likeness (QED) is 0.0890. The topological polar surface area (TPSA) is 167 Å². The number of hydrogen-bond acceptors (Lipinski definition) is 8. The SMILES string of the molecule is CCCCC1Oc2cc(-c3cnc([C@@H]4CCCN4C(O)[C@@H](N)C(C)C)[nH]3)ccc2-c2cc3cc(-c4cnc([C@@H]5CCCN5C(=O)[C@@H](N)C(C)C)[nH]4)ccc3n21. The molecule has 2 aromatic carbocycles. The molecule has 0 bridgehead atoms. The number of hydrogen-bond donors (Lipinski definition) is 5. The highest BCUT2D eigenvalue weighted by atomic mass is 16.5. The second kappa shape index (κ2) is 15.2. The maximum Gasteiger partial charge on any atom is 0.240 e. The minimum absolute atomic E-state index is 0.00268. The van der Waals surface area contributed by atoms with E-state index in [2.05, 4.69) is 68.8 Å². The van der Waals surface area contributed by atoms with Crippen molar-refractivity contribution >= 4 is 16.8 Å². The molecule has 1 amide bonds. The lowest BCUT2D eigenvalue weighted by molar-refractivity contribution is -0.134. The first-order valence-corrected chi connectivity index (χ1v) is 20.4. The molecule has 3 aromatic heterocycles. The molecular formula is C43H57N9O3. The average Bonchev–Trinajstić information content (AvgIpc) is 4.03. The zero-order valence-electron chi connectivity index (χ0n) is 32.8. The number of aromatic nitrogens is 5. The van der Waals surface area contributed by atoms with Crippen molar-refractivity contribution in [2.45, 2.75) is 116 Å². The molecule has 3 aliphatic rings. The number of rotatable bonds is 12. The van der Waals surface area contributed by atoms with Gasteiger partial charge >= 0.3 is 0 Å². The summed E-state index contributed by atoms with van der Waals surface area (Å²) in [7, 11) is 0. The molecule has 12 nitrogen and oxygen atoms in total. The minimum Gasteiger partial charge on any atom is -0.469 e. The number of likely N-dealkylation sites (tertiary alicyclic amines) is 2. The molecule has 6 heterocycles. The Labute approximate surface area is 323 Å². The second-order valence-corrected chi connectivity index (χ2v) is 16.6. The highest BCUT2D eigenvalue weighted by Gasteiger charge is 2.37. The molecule has 0 spiro atoms. The van der Waals surface area contributed by atoms with E-state index in [1.807, 2.05) is 45.0 Å². The van der Waals surface area contributed by atoms with Gasteiger partial charge in [-0.25, -0.2) is 9.97 Å². The van der Waals surface area contributed by atoms with Crippen molar-refractivity contribution in [3.05, 3.63) is 66.5 Å². The van der Waals surface area contributed by atoms with Crippen molar-refractivity contribution in [1.29, 1.82) is 0 Å². The first-order valence-electron chi connectivity index (χ1n) is 20.4. The van der Waals surface area contributed by atoms with Crippen LogP contribution in [-0.2, 0) is 4.79 Å². The van der Waals surface area contributed by atoms with E-state index >= 15 is 0 Å². The van der Waals surface area contributed by atoms with E-state index in [-0.39, 0.29) is 42.1 Å². The number of imidazole rings is 2. The third-order valence-corrected chi connectivity index (χ3v) is 12.2. The monoisotopic (exact) mass is 747 g/mol. The summed E-state index contributed by atoms with van der Waals surface area (Å²) in [5.74, 6) is 2.77. The molecule has 2 fully saturated rings. The zero-order valence-corrected chi connectivity index (χ0v) is 32.8. The molecule has 55 heavy (non-hydrogen) atoms. The van der Waals surface area contributed by atoms with Gasteiger partial charge in [0, 0.05) is 47.6 Å². The first kappa shape index (κ1) is 37.4. The van der Waals surface area contributed by atoms with Crippen LogP contribution < -0.4 is 16.2 Å². The minimum atomic E-state index is -0.716. The maximum atomic E-state index is 13.2. The molecule has 3 aliphatic heterocycles. The van der Waals surface area contributed by atoms with Gasteiger partial charge in [0.15, 0.2) is 6.23 Å². The van der Waals surface area contributed by atoms with Crippen LogP contribution in [0.1, 0.15) is 110 Å². The Hall–Kier alpha value is -4.49.